The van der Waals surface area contributed by atoms with Crippen LogP contribution in [0.4, 0.5) is 0 Å². The molecule has 0 amide bonds. The lowest BCUT2D eigenvalue weighted by atomic mass is 10.0. The maximum atomic E-state index is 11.8. The number of nitrogens with zero attached hydrogens (tertiary/aromatic N) is 3. The third kappa shape index (κ3) is 5.57. The van der Waals surface area contributed by atoms with E-state index in [9.17, 15) is 15.0 Å². The lowest BCUT2D eigenvalue weighted by Gasteiger charge is -2.18. The van der Waals surface area contributed by atoms with Crippen LogP contribution in [0.1, 0.15) is 40.3 Å². The van der Waals surface area contributed by atoms with Crippen molar-refractivity contribution in [1.29, 1.82) is 0 Å². The molecule has 0 aliphatic rings. The molecule has 170 valence electrons. The Morgan fingerprint density at radius 2 is 2.03 bits per heavy atom. The summed E-state index contributed by atoms with van der Waals surface area (Å²) in [5.41, 5.74) is 3.65. The highest BCUT2D eigenvalue weighted by atomic mass is 35.5. The first-order chi connectivity index (χ1) is 15.9. The number of carboxylic acids is 1. The second-order valence-corrected chi connectivity index (χ2v) is 8.54. The van der Waals surface area contributed by atoms with E-state index in [1.807, 2.05) is 30.3 Å². The van der Waals surface area contributed by atoms with E-state index in [1.165, 1.54) is 6.33 Å². The number of hydrogen-bond acceptors (Lipinski definition) is 5. The number of fused-ring (bicyclic) bond motifs is 1. The number of aliphatic hydroxyl groups excluding tert-OH is 1. The molecule has 1 unspecified atom stereocenters. The Kier molecular flexibility index (Phi) is 7.03. The minimum atomic E-state index is -0.980. The number of rotatable bonds is 9. The fourth-order valence-electron chi connectivity index (χ4n) is 3.94. The molecule has 3 N–H and O–H groups in total. The van der Waals surface area contributed by atoms with Crippen molar-refractivity contribution in [3.63, 3.8) is 0 Å². The Morgan fingerprint density at radius 3 is 2.76 bits per heavy atom. The van der Waals surface area contributed by atoms with Crippen LogP contribution < -0.4 is 5.32 Å². The predicted molar refractivity (Wildman–Crippen MR) is 128 cm³/mol. The van der Waals surface area contributed by atoms with Gasteiger partial charge in [0.05, 0.1) is 18.3 Å². The van der Waals surface area contributed by atoms with Gasteiger partial charge in [0.1, 0.15) is 12.0 Å². The number of hydrogen-bond donors (Lipinski definition) is 3. The van der Waals surface area contributed by atoms with E-state index < -0.39 is 12.1 Å². The molecule has 4 aromatic rings. The Labute approximate surface area is 196 Å². The number of carboxylic acid groups (broad SMARTS) is 1. The Bertz CT molecular complexity index is 1260. The van der Waals surface area contributed by atoms with Gasteiger partial charge in [-0.15, -0.1) is 0 Å². The first kappa shape index (κ1) is 22.9. The Hall–Kier alpha value is -3.26. The van der Waals surface area contributed by atoms with Gasteiger partial charge in [0.15, 0.2) is 0 Å². The topological polar surface area (TPSA) is 100 Å². The fraction of sp³-hybridized carbons (Fsp3) is 0.240. The Morgan fingerprint density at radius 1 is 1.18 bits per heavy atom. The van der Waals surface area contributed by atoms with Gasteiger partial charge in [-0.05, 0) is 60.9 Å². The van der Waals surface area contributed by atoms with Gasteiger partial charge >= 0.3 is 5.97 Å². The van der Waals surface area contributed by atoms with Gasteiger partial charge in [-0.1, -0.05) is 29.8 Å². The van der Waals surface area contributed by atoms with Crippen LogP contribution >= 0.6 is 11.6 Å². The first-order valence-corrected chi connectivity index (χ1v) is 11.1. The van der Waals surface area contributed by atoms with E-state index >= 15 is 0 Å². The van der Waals surface area contributed by atoms with Crippen molar-refractivity contribution in [2.75, 3.05) is 6.54 Å². The van der Waals surface area contributed by atoms with Crippen molar-refractivity contribution in [3.8, 4) is 0 Å². The molecule has 0 saturated carbocycles. The van der Waals surface area contributed by atoms with E-state index in [0.717, 1.165) is 34.1 Å². The van der Waals surface area contributed by atoms with Gasteiger partial charge < -0.3 is 20.1 Å². The summed E-state index contributed by atoms with van der Waals surface area (Å²) < 4.78 is 1.76. The molecule has 2 atom stereocenters. The quantitative estimate of drug-likeness (QED) is 0.345. The molecule has 7 nitrogen and oxygen atoms in total. The summed E-state index contributed by atoms with van der Waals surface area (Å²) in [6.45, 7) is 2.81. The number of benzene rings is 2. The van der Waals surface area contributed by atoms with Gasteiger partial charge in [0.25, 0.3) is 0 Å². The predicted octanol–water partition coefficient (Wildman–Crippen LogP) is 4.09. The molecule has 2 heterocycles. The highest BCUT2D eigenvalue weighted by Gasteiger charge is 2.16. The molecule has 0 spiro atoms. The van der Waals surface area contributed by atoms with Crippen LogP contribution in [-0.2, 0) is 13.0 Å². The van der Waals surface area contributed by atoms with E-state index in [4.69, 9.17) is 11.6 Å². The highest BCUT2D eigenvalue weighted by Crippen LogP contribution is 2.24. The standard InChI is InChI=1S/C25H25ClN4O3/c1-16(28-13-24(31)18-3-2-4-20(26)11-18)9-17-5-6-22-19(10-17)12-23(25(32)33)30(22)14-21-7-8-27-15-29-21/h2-8,10-12,15-16,24,28,31H,9,13-14H2,1H3,(H,32,33)/t16?,24-/m0/s1. The molecule has 0 fully saturated rings. The SMILES string of the molecule is CC(Cc1ccc2c(c1)cc(C(=O)O)n2Cc1ccncn1)NC[C@H](O)c1cccc(Cl)c1. The van der Waals surface area contributed by atoms with Crippen LogP contribution in [0.25, 0.3) is 10.9 Å². The van der Waals surface area contributed by atoms with Crippen LogP contribution in [0.5, 0.6) is 0 Å². The zero-order valence-electron chi connectivity index (χ0n) is 18.1. The molecule has 0 saturated heterocycles. The van der Waals surface area contributed by atoms with Gasteiger partial charge in [0, 0.05) is 34.7 Å². The summed E-state index contributed by atoms with van der Waals surface area (Å²) in [5, 5.41) is 24.9. The fourth-order valence-corrected chi connectivity index (χ4v) is 4.14. The van der Waals surface area contributed by atoms with Crippen molar-refractivity contribution in [2.45, 2.75) is 32.0 Å². The normalized spacial score (nSPS) is 13.2. The summed E-state index contributed by atoms with van der Waals surface area (Å²) in [6, 6.07) is 16.8. The molecule has 8 heteroatoms. The number of carbonyl (C=O) groups is 1. The lowest BCUT2D eigenvalue weighted by Crippen LogP contribution is -2.32. The molecule has 0 aliphatic heterocycles. The molecule has 0 bridgehead atoms. The first-order valence-electron chi connectivity index (χ1n) is 10.7. The van der Waals surface area contributed by atoms with E-state index in [-0.39, 0.29) is 11.7 Å². The van der Waals surface area contributed by atoms with E-state index in [1.54, 1.807) is 35.0 Å². The lowest BCUT2D eigenvalue weighted by molar-refractivity contribution is 0.0686. The summed E-state index contributed by atoms with van der Waals surface area (Å²) >= 11 is 6.01. The third-order valence-corrected chi connectivity index (χ3v) is 5.82. The van der Waals surface area contributed by atoms with Gasteiger partial charge in [-0.3, -0.25) is 0 Å². The van der Waals surface area contributed by atoms with Gasteiger partial charge in [0.2, 0.25) is 0 Å². The zero-order valence-corrected chi connectivity index (χ0v) is 18.9. The molecule has 0 aliphatic carbocycles. The van der Waals surface area contributed by atoms with Crippen LogP contribution in [-0.4, -0.2) is 43.3 Å². The maximum absolute atomic E-state index is 11.8. The van der Waals surface area contributed by atoms with Crippen molar-refractivity contribution < 1.29 is 15.0 Å². The minimum absolute atomic E-state index is 0.110. The minimum Gasteiger partial charge on any atom is -0.477 e. The van der Waals surface area contributed by atoms with Crippen LogP contribution in [0, 0.1) is 0 Å². The molecule has 0 radical (unpaired) electrons. The van der Waals surface area contributed by atoms with Crippen LogP contribution in [0.15, 0.2) is 67.1 Å². The monoisotopic (exact) mass is 464 g/mol. The number of halogens is 1. The number of nitrogens with one attached hydrogen (secondary N) is 1. The van der Waals surface area contributed by atoms with Crippen molar-refractivity contribution in [3.05, 3.63) is 94.7 Å². The molecule has 2 aromatic carbocycles. The van der Waals surface area contributed by atoms with E-state index in [0.29, 0.717) is 18.1 Å². The number of aliphatic hydroxyl groups is 1. The van der Waals surface area contributed by atoms with Crippen LogP contribution in [0.2, 0.25) is 5.02 Å². The van der Waals surface area contributed by atoms with Gasteiger partial charge in [-0.25, -0.2) is 14.8 Å². The summed E-state index contributed by atoms with van der Waals surface area (Å²) in [6.07, 6.45) is 3.18. The third-order valence-electron chi connectivity index (χ3n) is 5.58. The van der Waals surface area contributed by atoms with Gasteiger partial charge in [-0.2, -0.15) is 0 Å². The molecule has 2 aromatic heterocycles. The van der Waals surface area contributed by atoms with Crippen molar-refractivity contribution in [1.82, 2.24) is 19.9 Å². The summed E-state index contributed by atoms with van der Waals surface area (Å²) in [7, 11) is 0. The number of aromatic carboxylic acids is 1. The maximum Gasteiger partial charge on any atom is 0.352 e. The summed E-state index contributed by atoms with van der Waals surface area (Å²) in [5.74, 6) is -0.980. The Balaban J connectivity index is 1.47. The molecule has 4 rings (SSSR count). The molecular formula is C25H25ClN4O3. The molecular weight excluding hydrogens is 440 g/mol. The average Bonchev–Trinajstić information content (AvgIpc) is 3.16. The largest absolute Gasteiger partial charge is 0.477 e. The second-order valence-electron chi connectivity index (χ2n) is 8.10. The summed E-state index contributed by atoms with van der Waals surface area (Å²) in [4.78, 5) is 20.0. The van der Waals surface area contributed by atoms with E-state index in [2.05, 4.69) is 22.2 Å². The van der Waals surface area contributed by atoms with Crippen molar-refractivity contribution in [2.24, 2.45) is 0 Å². The molecule has 33 heavy (non-hydrogen) atoms. The average molecular weight is 465 g/mol. The highest BCUT2D eigenvalue weighted by molar-refractivity contribution is 6.30. The van der Waals surface area contributed by atoms with Crippen molar-refractivity contribution >= 4 is 28.5 Å². The zero-order chi connectivity index (χ0) is 23.4. The second kappa shape index (κ2) is 10.1. The smallest absolute Gasteiger partial charge is 0.352 e. The van der Waals surface area contributed by atoms with Crippen LogP contribution in [0.3, 0.4) is 0 Å². The number of aromatic nitrogens is 3.